The fourth-order valence-corrected chi connectivity index (χ4v) is 5.24. The first-order valence-electron chi connectivity index (χ1n) is 11.9. The monoisotopic (exact) mass is 521 g/mol. The van der Waals surface area contributed by atoms with E-state index in [4.69, 9.17) is 4.74 Å². The van der Waals surface area contributed by atoms with E-state index >= 15 is 0 Å². The van der Waals surface area contributed by atoms with E-state index < -0.39 is 0 Å². The van der Waals surface area contributed by atoms with Gasteiger partial charge in [0.05, 0.1) is 11.4 Å². The Morgan fingerprint density at radius 3 is 2.47 bits per heavy atom. The summed E-state index contributed by atoms with van der Waals surface area (Å²) in [6.07, 6.45) is -0.276. The predicted molar refractivity (Wildman–Crippen MR) is 147 cm³/mol. The van der Waals surface area contributed by atoms with Crippen LogP contribution in [-0.2, 0) is 11.3 Å². The van der Waals surface area contributed by atoms with Crippen molar-refractivity contribution in [1.82, 2.24) is 19.7 Å². The number of aromatic nitrogens is 4. The van der Waals surface area contributed by atoms with Crippen molar-refractivity contribution in [2.45, 2.75) is 59.3 Å². The highest BCUT2D eigenvalue weighted by Crippen LogP contribution is 2.28. The number of hydrogen-bond donors (Lipinski definition) is 1. The average Bonchev–Trinajstić information content (AvgIpc) is 3.48. The zero-order chi connectivity index (χ0) is 25.8. The van der Waals surface area contributed by atoms with Crippen molar-refractivity contribution in [3.8, 4) is 17.0 Å². The van der Waals surface area contributed by atoms with Gasteiger partial charge in [0.15, 0.2) is 22.2 Å². The Hall–Kier alpha value is -3.17. The van der Waals surface area contributed by atoms with Crippen LogP contribution in [0, 0.1) is 27.7 Å². The molecular weight excluding hydrogens is 490 g/mol. The van der Waals surface area contributed by atoms with Gasteiger partial charge in [0, 0.05) is 17.5 Å². The fourth-order valence-electron chi connectivity index (χ4n) is 3.70. The highest BCUT2D eigenvalue weighted by Gasteiger charge is 2.20. The largest absolute Gasteiger partial charge is 0.483 e. The number of carbonyl (C=O) groups is 1. The Labute approximate surface area is 220 Å². The molecule has 0 radical (unpaired) electrons. The number of rotatable bonds is 9. The molecule has 0 aliphatic carbocycles. The molecule has 4 aromatic rings. The van der Waals surface area contributed by atoms with Crippen LogP contribution in [0.2, 0.25) is 0 Å². The van der Waals surface area contributed by atoms with Crippen molar-refractivity contribution < 1.29 is 9.53 Å². The molecule has 2 aromatic heterocycles. The van der Waals surface area contributed by atoms with E-state index in [9.17, 15) is 4.79 Å². The Morgan fingerprint density at radius 2 is 1.78 bits per heavy atom. The minimum atomic E-state index is -0.276. The van der Waals surface area contributed by atoms with Gasteiger partial charge in [-0.15, -0.1) is 21.5 Å². The third-order valence-corrected chi connectivity index (χ3v) is 7.83. The second kappa shape index (κ2) is 11.3. The second-order valence-corrected chi connectivity index (χ2v) is 10.6. The molecule has 0 bridgehead atoms. The Balaban J connectivity index is 1.36. The molecule has 1 N–H and O–H groups in total. The molecule has 0 spiro atoms. The van der Waals surface area contributed by atoms with Crippen molar-refractivity contribution in [3.63, 3.8) is 0 Å². The maximum absolute atomic E-state index is 12.6. The van der Waals surface area contributed by atoms with Crippen LogP contribution in [0.3, 0.4) is 0 Å². The van der Waals surface area contributed by atoms with E-state index in [1.54, 1.807) is 0 Å². The van der Waals surface area contributed by atoms with Gasteiger partial charge in [0.25, 0.3) is 0 Å². The van der Waals surface area contributed by atoms with Crippen LogP contribution in [-0.4, -0.2) is 31.4 Å². The molecule has 0 saturated heterocycles. The van der Waals surface area contributed by atoms with E-state index in [0.29, 0.717) is 16.8 Å². The van der Waals surface area contributed by atoms with Crippen molar-refractivity contribution >= 4 is 34.1 Å². The Morgan fingerprint density at radius 1 is 1.06 bits per heavy atom. The molecule has 0 aliphatic rings. The molecule has 1 atom stereocenters. The normalized spacial score (nSPS) is 11.9. The van der Waals surface area contributed by atoms with Crippen LogP contribution >= 0.6 is 23.1 Å². The highest BCUT2D eigenvalue weighted by molar-refractivity contribution is 7.99. The lowest BCUT2D eigenvalue weighted by atomic mass is 10.1. The summed E-state index contributed by atoms with van der Waals surface area (Å²) >= 11 is 2.77. The van der Waals surface area contributed by atoms with E-state index in [1.165, 1.54) is 45.4 Å². The number of nitrogens with zero attached hydrogens (tertiary/aromatic N) is 4. The molecule has 4 rings (SSSR count). The number of ether oxygens (including phenoxy) is 1. The summed E-state index contributed by atoms with van der Waals surface area (Å²) in [4.78, 5) is 17.2. The fraction of sp³-hybridized carbons (Fsp3) is 0.333. The van der Waals surface area contributed by atoms with Gasteiger partial charge in [-0.3, -0.25) is 4.79 Å². The Bertz CT molecular complexity index is 1380. The van der Waals surface area contributed by atoms with Gasteiger partial charge < -0.3 is 14.6 Å². The van der Waals surface area contributed by atoms with Gasteiger partial charge in [-0.1, -0.05) is 30.0 Å². The van der Waals surface area contributed by atoms with Crippen molar-refractivity contribution in [1.29, 1.82) is 0 Å². The van der Waals surface area contributed by atoms with E-state index in [1.807, 2.05) is 35.9 Å². The number of carbonyl (C=O) groups excluding carboxylic acids is 1. The van der Waals surface area contributed by atoms with Crippen LogP contribution < -0.4 is 10.1 Å². The minimum Gasteiger partial charge on any atom is -0.483 e. The zero-order valence-corrected chi connectivity index (χ0v) is 23.1. The molecule has 2 aromatic carbocycles. The third kappa shape index (κ3) is 5.96. The van der Waals surface area contributed by atoms with Crippen LogP contribution in [0.25, 0.3) is 11.3 Å². The third-order valence-electron chi connectivity index (χ3n) is 6.10. The maximum Gasteiger partial charge on any atom is 0.236 e. The summed E-state index contributed by atoms with van der Waals surface area (Å²) in [5.74, 6) is 1.61. The number of benzene rings is 2. The average molecular weight is 522 g/mol. The van der Waals surface area contributed by atoms with E-state index in [2.05, 4.69) is 72.5 Å². The number of hydrogen-bond acceptors (Lipinski definition) is 7. The van der Waals surface area contributed by atoms with Gasteiger partial charge >= 0.3 is 0 Å². The van der Waals surface area contributed by atoms with Crippen molar-refractivity contribution in [2.24, 2.45) is 0 Å². The molecule has 0 aliphatic heterocycles. The first-order valence-corrected chi connectivity index (χ1v) is 13.7. The summed E-state index contributed by atoms with van der Waals surface area (Å²) in [7, 11) is 0. The molecule has 0 fully saturated rings. The first kappa shape index (κ1) is 25.9. The molecule has 7 nitrogen and oxygen atoms in total. The van der Waals surface area contributed by atoms with Crippen molar-refractivity contribution in [2.75, 3.05) is 11.1 Å². The van der Waals surface area contributed by atoms with E-state index in [-0.39, 0.29) is 17.8 Å². The lowest BCUT2D eigenvalue weighted by Gasteiger charge is -2.16. The van der Waals surface area contributed by atoms with E-state index in [0.717, 1.165) is 22.8 Å². The number of aryl methyl sites for hydroxylation is 4. The molecule has 36 heavy (non-hydrogen) atoms. The molecule has 9 heteroatoms. The molecule has 1 amide bonds. The summed E-state index contributed by atoms with van der Waals surface area (Å²) in [5.41, 5.74) is 6.77. The summed E-state index contributed by atoms with van der Waals surface area (Å²) in [6.45, 7) is 13.0. The van der Waals surface area contributed by atoms with Crippen LogP contribution in [0.5, 0.6) is 5.75 Å². The first-order chi connectivity index (χ1) is 17.2. The quantitative estimate of drug-likeness (QED) is 0.252. The molecular formula is C27H31N5O2S2. The van der Waals surface area contributed by atoms with Crippen LogP contribution in [0.1, 0.15) is 48.0 Å². The SMILES string of the molecule is CCn1c(SCC(=O)Nc2nc(-c3ccc(C)c(C)c3)cs2)nnc1C(C)Oc1ccc(C)c(C)c1. The molecule has 2 heterocycles. The van der Waals surface area contributed by atoms with Gasteiger partial charge in [-0.05, 0) is 82.0 Å². The lowest BCUT2D eigenvalue weighted by Crippen LogP contribution is -2.15. The lowest BCUT2D eigenvalue weighted by molar-refractivity contribution is -0.113. The topological polar surface area (TPSA) is 81.9 Å². The van der Waals surface area contributed by atoms with Gasteiger partial charge in [-0.2, -0.15) is 0 Å². The number of thioether (sulfide) groups is 1. The van der Waals surface area contributed by atoms with Crippen LogP contribution in [0.15, 0.2) is 46.9 Å². The minimum absolute atomic E-state index is 0.132. The zero-order valence-electron chi connectivity index (χ0n) is 21.5. The predicted octanol–water partition coefficient (Wildman–Crippen LogP) is 6.53. The highest BCUT2D eigenvalue weighted by atomic mass is 32.2. The summed E-state index contributed by atoms with van der Waals surface area (Å²) < 4.78 is 8.12. The standard InChI is InChI=1S/C27H31N5O2S2/c1-7-32-25(20(6)34-22-11-9-17(3)19(5)13-22)30-31-27(32)36-15-24(33)29-26-28-23(14-35-26)21-10-8-16(2)18(4)12-21/h8-14,20H,7,15H2,1-6H3,(H,28,29,33). The van der Waals surface area contributed by atoms with Gasteiger partial charge in [0.1, 0.15) is 5.75 Å². The smallest absolute Gasteiger partial charge is 0.236 e. The summed E-state index contributed by atoms with van der Waals surface area (Å²) in [6, 6.07) is 12.3. The molecule has 188 valence electrons. The number of thiazole rings is 1. The number of nitrogens with one attached hydrogen (secondary N) is 1. The van der Waals surface area contributed by atoms with Gasteiger partial charge in [0.2, 0.25) is 5.91 Å². The van der Waals surface area contributed by atoms with Gasteiger partial charge in [-0.25, -0.2) is 4.98 Å². The van der Waals surface area contributed by atoms with Crippen LogP contribution in [0.4, 0.5) is 5.13 Å². The second-order valence-electron chi connectivity index (χ2n) is 8.76. The Kier molecular flexibility index (Phi) is 8.11. The number of amides is 1. The molecule has 0 saturated carbocycles. The van der Waals surface area contributed by atoms with Crippen molar-refractivity contribution in [3.05, 3.63) is 69.9 Å². The molecule has 1 unspecified atom stereocenters. The summed E-state index contributed by atoms with van der Waals surface area (Å²) in [5, 5.41) is 14.8. The maximum atomic E-state index is 12.6. The number of anilines is 1.